The third kappa shape index (κ3) is 4.91. The van der Waals surface area contributed by atoms with Crippen LogP contribution in [0, 0.1) is 29.6 Å². The molecule has 12 atom stereocenters. The van der Waals surface area contributed by atoms with Crippen LogP contribution in [-0.4, -0.2) is 78.6 Å². The van der Waals surface area contributed by atoms with Crippen LogP contribution in [0.3, 0.4) is 0 Å². The lowest BCUT2D eigenvalue weighted by Gasteiger charge is -2.49. The van der Waals surface area contributed by atoms with Gasteiger partial charge in [0, 0.05) is 42.3 Å². The lowest BCUT2D eigenvalue weighted by Crippen LogP contribution is -2.57. The number of thioether (sulfide) groups is 1. The standard InChI is InChI=1S/C31H42O8S/c1-16-13-17(2)31-21(14-23(35-5)30(34)37-26(16)19(4)36-15-40-6)11-12-22-24(31)25(32)18(3)27(28(22)39-31)38-29(33)20-9-7-8-10-20/h7-9,11-13,16,18-19,21-28,32H,10,14-15H2,1-6H3/b17-13+/t16-,18-,19-,21-,22-,23+,24+,25-,26+,27-,28-,31+/m1/s1. The predicted molar refractivity (Wildman–Crippen MR) is 151 cm³/mol. The summed E-state index contributed by atoms with van der Waals surface area (Å²) in [6.45, 7) is 7.91. The van der Waals surface area contributed by atoms with Gasteiger partial charge in [-0.05, 0) is 38.5 Å². The molecule has 5 aliphatic rings. The summed E-state index contributed by atoms with van der Waals surface area (Å²) in [5.74, 6) is -1.47. The Morgan fingerprint density at radius 3 is 2.75 bits per heavy atom. The number of allylic oxidation sites excluding steroid dienone is 3. The number of carbonyl (C=O) groups is 2. The zero-order valence-corrected chi connectivity index (χ0v) is 25.0. The van der Waals surface area contributed by atoms with E-state index >= 15 is 0 Å². The van der Waals surface area contributed by atoms with Gasteiger partial charge in [0.15, 0.2) is 6.10 Å². The molecule has 1 N–H and O–H groups in total. The summed E-state index contributed by atoms with van der Waals surface area (Å²) in [7, 11) is 1.52. The summed E-state index contributed by atoms with van der Waals surface area (Å²) in [6.07, 6.45) is 11.2. The molecule has 3 aliphatic carbocycles. The Morgan fingerprint density at radius 2 is 2.08 bits per heavy atom. The number of hydrogen-bond donors (Lipinski definition) is 1. The molecule has 2 heterocycles. The SMILES string of the molecule is CO[C@H]1C[C@H]2C=C[C@H]3[C@H]4O[C@]2(/C(C)=C/[C@@H](C)[C@@H]([C@@H](C)OCSC)OC1=O)[C@@H]3[C@H](O)[C@@H](C)[C@H]4OC(=O)C1=CC=CC1. The van der Waals surface area contributed by atoms with Gasteiger partial charge < -0.3 is 28.8 Å². The van der Waals surface area contributed by atoms with Crippen molar-refractivity contribution in [1.29, 1.82) is 0 Å². The molecule has 40 heavy (non-hydrogen) atoms. The monoisotopic (exact) mass is 574 g/mol. The van der Waals surface area contributed by atoms with Crippen molar-refractivity contribution in [2.45, 2.75) is 82.8 Å². The van der Waals surface area contributed by atoms with Gasteiger partial charge in [0.25, 0.3) is 0 Å². The lowest BCUT2D eigenvalue weighted by atomic mass is 9.57. The molecule has 0 unspecified atom stereocenters. The molecule has 2 aliphatic heterocycles. The second-order valence-corrected chi connectivity index (χ2v) is 12.7. The molecular weight excluding hydrogens is 532 g/mol. The van der Waals surface area contributed by atoms with Gasteiger partial charge in [-0.3, -0.25) is 0 Å². The summed E-state index contributed by atoms with van der Waals surface area (Å²) in [4.78, 5) is 26.4. The summed E-state index contributed by atoms with van der Waals surface area (Å²) in [5, 5.41) is 11.8. The Bertz CT molecular complexity index is 1110. The van der Waals surface area contributed by atoms with Crippen molar-refractivity contribution in [1.82, 2.24) is 0 Å². The topological polar surface area (TPSA) is 101 Å². The number of carbonyl (C=O) groups excluding carboxylic acids is 2. The number of aliphatic hydroxyl groups is 1. The average Bonchev–Trinajstić information content (AvgIpc) is 3.54. The van der Waals surface area contributed by atoms with Gasteiger partial charge >= 0.3 is 11.9 Å². The molecule has 220 valence electrons. The fraction of sp³-hybridized carbons (Fsp3) is 0.677. The number of hydrogen-bond acceptors (Lipinski definition) is 9. The molecule has 0 aromatic carbocycles. The third-order valence-electron chi connectivity index (χ3n) is 9.59. The Kier molecular flexibility index (Phi) is 8.70. The quantitative estimate of drug-likeness (QED) is 0.275. The highest BCUT2D eigenvalue weighted by Crippen LogP contribution is 2.61. The molecule has 0 aromatic rings. The maximum Gasteiger partial charge on any atom is 0.335 e. The Labute approximate surface area is 241 Å². The fourth-order valence-corrected chi connectivity index (χ4v) is 7.90. The normalized spacial score (nSPS) is 44.2. The Balaban J connectivity index is 1.54. The van der Waals surface area contributed by atoms with Crippen LogP contribution in [-0.2, 0) is 33.3 Å². The number of ether oxygens (including phenoxy) is 5. The van der Waals surface area contributed by atoms with Crippen molar-refractivity contribution in [3.05, 3.63) is 47.6 Å². The minimum Gasteiger partial charge on any atom is -0.457 e. The molecule has 0 radical (unpaired) electrons. The van der Waals surface area contributed by atoms with E-state index in [4.69, 9.17) is 23.7 Å². The first-order chi connectivity index (χ1) is 19.1. The van der Waals surface area contributed by atoms with Gasteiger partial charge in [-0.1, -0.05) is 50.3 Å². The van der Waals surface area contributed by atoms with Crippen LogP contribution >= 0.6 is 11.8 Å². The molecule has 0 aromatic heterocycles. The number of esters is 2. The second kappa shape index (κ2) is 11.8. The number of aliphatic hydroxyl groups excluding tert-OH is 1. The van der Waals surface area contributed by atoms with E-state index in [0.717, 1.165) is 5.57 Å². The van der Waals surface area contributed by atoms with Crippen molar-refractivity contribution < 1.29 is 38.4 Å². The van der Waals surface area contributed by atoms with E-state index in [-0.39, 0.29) is 41.7 Å². The number of rotatable bonds is 7. The highest BCUT2D eigenvalue weighted by atomic mass is 32.2. The zero-order chi connectivity index (χ0) is 28.8. The molecule has 2 fully saturated rings. The van der Waals surface area contributed by atoms with Crippen LogP contribution in [0.4, 0.5) is 0 Å². The maximum absolute atomic E-state index is 13.4. The van der Waals surface area contributed by atoms with Crippen LogP contribution in [0.1, 0.15) is 40.5 Å². The van der Waals surface area contributed by atoms with Crippen LogP contribution in [0.2, 0.25) is 0 Å². The molecule has 4 bridgehead atoms. The van der Waals surface area contributed by atoms with E-state index in [1.165, 1.54) is 7.11 Å². The second-order valence-electron chi connectivity index (χ2n) is 11.9. The molecule has 1 spiro atoms. The lowest BCUT2D eigenvalue weighted by molar-refractivity contribution is -0.174. The highest BCUT2D eigenvalue weighted by molar-refractivity contribution is 7.98. The van der Waals surface area contributed by atoms with Crippen molar-refractivity contribution in [3.8, 4) is 0 Å². The highest BCUT2D eigenvalue weighted by Gasteiger charge is 2.69. The van der Waals surface area contributed by atoms with Gasteiger partial charge in [-0.25, -0.2) is 9.59 Å². The van der Waals surface area contributed by atoms with E-state index in [9.17, 15) is 14.7 Å². The number of methoxy groups -OCH3 is 1. The Morgan fingerprint density at radius 1 is 1.30 bits per heavy atom. The summed E-state index contributed by atoms with van der Waals surface area (Å²) in [6, 6.07) is 0. The zero-order valence-electron chi connectivity index (χ0n) is 24.1. The van der Waals surface area contributed by atoms with E-state index in [1.807, 2.05) is 46.1 Å². The molecule has 5 rings (SSSR count). The van der Waals surface area contributed by atoms with Crippen LogP contribution in [0.15, 0.2) is 47.6 Å². The molecule has 9 heteroatoms. The average molecular weight is 575 g/mol. The van der Waals surface area contributed by atoms with Crippen molar-refractivity contribution in [2.24, 2.45) is 29.6 Å². The molecule has 1 saturated carbocycles. The van der Waals surface area contributed by atoms with Gasteiger partial charge in [0.2, 0.25) is 0 Å². The molecule has 1 saturated heterocycles. The van der Waals surface area contributed by atoms with E-state index in [1.54, 1.807) is 17.8 Å². The summed E-state index contributed by atoms with van der Waals surface area (Å²) < 4.78 is 30.8. The van der Waals surface area contributed by atoms with Gasteiger partial charge in [0.05, 0.1) is 18.1 Å². The van der Waals surface area contributed by atoms with E-state index in [2.05, 4.69) is 18.2 Å². The predicted octanol–water partition coefficient (Wildman–Crippen LogP) is 3.99. The minimum atomic E-state index is -0.885. The maximum atomic E-state index is 13.4. The molecule has 0 amide bonds. The number of cyclic esters (lactones) is 1. The van der Waals surface area contributed by atoms with Gasteiger partial charge in [-0.15, -0.1) is 11.8 Å². The van der Waals surface area contributed by atoms with E-state index in [0.29, 0.717) is 24.4 Å². The van der Waals surface area contributed by atoms with Gasteiger partial charge in [0.1, 0.15) is 23.9 Å². The third-order valence-corrected chi connectivity index (χ3v) is 9.96. The molecule has 8 nitrogen and oxygen atoms in total. The fourth-order valence-electron chi connectivity index (χ4n) is 7.55. The van der Waals surface area contributed by atoms with Gasteiger partial charge in [-0.2, -0.15) is 0 Å². The first kappa shape index (κ1) is 29.6. The molecular formula is C31H42O8S. The van der Waals surface area contributed by atoms with Crippen molar-refractivity contribution in [3.63, 3.8) is 0 Å². The summed E-state index contributed by atoms with van der Waals surface area (Å²) >= 11 is 1.56. The largest absolute Gasteiger partial charge is 0.457 e. The van der Waals surface area contributed by atoms with Crippen LogP contribution in [0.5, 0.6) is 0 Å². The van der Waals surface area contributed by atoms with Crippen molar-refractivity contribution >= 4 is 23.7 Å². The smallest absolute Gasteiger partial charge is 0.335 e. The van der Waals surface area contributed by atoms with Crippen LogP contribution in [0.25, 0.3) is 0 Å². The van der Waals surface area contributed by atoms with E-state index < -0.39 is 42.1 Å². The first-order valence-electron chi connectivity index (χ1n) is 14.3. The summed E-state index contributed by atoms with van der Waals surface area (Å²) in [5.41, 5.74) is 0.692. The first-order valence-corrected chi connectivity index (χ1v) is 15.7. The van der Waals surface area contributed by atoms with Crippen molar-refractivity contribution in [2.75, 3.05) is 19.3 Å². The van der Waals surface area contributed by atoms with Crippen LogP contribution < -0.4 is 0 Å². The minimum absolute atomic E-state index is 0.134. The Hall–Kier alpha value is -1.91.